The van der Waals surface area contributed by atoms with Crippen LogP contribution in [-0.4, -0.2) is 54.6 Å². The van der Waals surface area contributed by atoms with E-state index in [1.54, 1.807) is 24.3 Å². The summed E-state index contributed by atoms with van der Waals surface area (Å²) in [4.78, 5) is 2.22. The minimum Gasteiger partial charge on any atom is -0.508 e. The molecule has 3 aromatic carbocycles. The highest BCUT2D eigenvalue weighted by Crippen LogP contribution is 2.40. The molecule has 5 rings (SSSR count). The predicted molar refractivity (Wildman–Crippen MR) is 137 cm³/mol. The molecule has 2 aliphatic rings. The van der Waals surface area contributed by atoms with E-state index in [2.05, 4.69) is 11.8 Å². The van der Waals surface area contributed by atoms with Crippen molar-refractivity contribution >= 4 is 11.1 Å². The molecule has 0 radical (unpaired) electrons. The molecule has 0 aromatic heterocycles. The number of aromatic hydroxyl groups is 2. The number of phenolic OH excluding ortho intramolecular Hbond substituents is 2. The molecule has 0 amide bonds. The largest absolute Gasteiger partial charge is 0.508 e. The lowest BCUT2D eigenvalue weighted by Crippen LogP contribution is -2.49. The monoisotopic (exact) mass is 477 g/mol. The van der Waals surface area contributed by atoms with Crippen LogP contribution in [0.4, 0.5) is 4.39 Å². The third-order valence-electron chi connectivity index (χ3n) is 6.27. The summed E-state index contributed by atoms with van der Waals surface area (Å²) in [5.41, 5.74) is 4.43. The molecule has 1 fully saturated rings. The normalized spacial score (nSPS) is 15.4. The van der Waals surface area contributed by atoms with Crippen molar-refractivity contribution in [2.24, 2.45) is 5.92 Å². The number of phenols is 2. The molecule has 0 spiro atoms. The highest BCUT2D eigenvalue weighted by atomic mass is 19.1. The molecule has 2 N–H and O–H groups in total. The average molecular weight is 478 g/mol. The van der Waals surface area contributed by atoms with Gasteiger partial charge in [0.15, 0.2) is 0 Å². The smallest absolute Gasteiger partial charge is 0.131 e. The van der Waals surface area contributed by atoms with Crippen LogP contribution in [0.15, 0.2) is 72.8 Å². The van der Waals surface area contributed by atoms with Crippen molar-refractivity contribution in [2.45, 2.75) is 13.3 Å². The molecule has 5 nitrogen and oxygen atoms in total. The van der Waals surface area contributed by atoms with Crippen LogP contribution < -0.4 is 9.47 Å². The summed E-state index contributed by atoms with van der Waals surface area (Å²) >= 11 is 0. The first-order valence-corrected chi connectivity index (χ1v) is 12.0. The highest BCUT2D eigenvalue weighted by molar-refractivity contribution is 5.94. The minimum absolute atomic E-state index is 0.184. The topological polar surface area (TPSA) is 62.2 Å². The number of halogens is 1. The lowest BCUT2D eigenvalue weighted by atomic mass is 9.91. The Morgan fingerprint density at radius 1 is 0.971 bits per heavy atom. The van der Waals surface area contributed by atoms with Crippen molar-refractivity contribution in [3.05, 3.63) is 83.9 Å². The summed E-state index contributed by atoms with van der Waals surface area (Å²) < 4.78 is 23.4. The van der Waals surface area contributed by atoms with E-state index >= 15 is 0 Å². The summed E-state index contributed by atoms with van der Waals surface area (Å²) in [6.45, 7) is 5.75. The van der Waals surface area contributed by atoms with Gasteiger partial charge in [-0.15, -0.1) is 0 Å². The number of allylic oxidation sites excluding steroid dienone is 1. The van der Waals surface area contributed by atoms with Gasteiger partial charge in [0.2, 0.25) is 0 Å². The number of hydrogen-bond acceptors (Lipinski definition) is 5. The zero-order valence-electron chi connectivity index (χ0n) is 20.0. The van der Waals surface area contributed by atoms with Crippen molar-refractivity contribution in [1.29, 1.82) is 0 Å². The van der Waals surface area contributed by atoms with E-state index in [0.29, 0.717) is 13.2 Å². The van der Waals surface area contributed by atoms with Crippen LogP contribution in [0.2, 0.25) is 0 Å². The Morgan fingerprint density at radius 3 is 2.37 bits per heavy atom. The summed E-state index contributed by atoms with van der Waals surface area (Å²) in [5, 5.41) is 18.9. The van der Waals surface area contributed by atoms with E-state index < -0.39 is 0 Å². The van der Waals surface area contributed by atoms with Gasteiger partial charge in [-0.3, -0.25) is 9.29 Å². The van der Waals surface area contributed by atoms with Crippen LogP contribution in [0, 0.1) is 5.92 Å². The van der Waals surface area contributed by atoms with Crippen molar-refractivity contribution in [1.82, 2.24) is 4.90 Å². The molecule has 0 aliphatic carbocycles. The lowest BCUT2D eigenvalue weighted by molar-refractivity contribution is 0.0668. The van der Waals surface area contributed by atoms with Crippen LogP contribution in [-0.2, 0) is 0 Å². The second-order valence-electron chi connectivity index (χ2n) is 8.77. The van der Waals surface area contributed by atoms with Gasteiger partial charge in [0.1, 0.15) is 36.2 Å². The first kappa shape index (κ1) is 24.6. The van der Waals surface area contributed by atoms with E-state index in [0.717, 1.165) is 54.3 Å². The Morgan fingerprint density at radius 2 is 1.69 bits per heavy atom. The number of hydrogen-bond donors (Lipinski definition) is 2. The third-order valence-corrected chi connectivity index (χ3v) is 6.27. The van der Waals surface area contributed by atoms with Gasteiger partial charge >= 0.3 is 0 Å². The maximum Gasteiger partial charge on any atom is 0.131 e. The molecule has 184 valence electrons. The van der Waals surface area contributed by atoms with Gasteiger partial charge in [-0.2, -0.15) is 0 Å². The fraction of sp³-hybridized carbons (Fsp3) is 0.310. The molecule has 1 saturated heterocycles. The van der Waals surface area contributed by atoms with Crippen molar-refractivity contribution in [2.75, 3.05) is 39.5 Å². The molecule has 2 aliphatic heterocycles. The van der Waals surface area contributed by atoms with Crippen molar-refractivity contribution in [3.63, 3.8) is 0 Å². The SMILES string of the molecule is CCC1=C(c2ccc(O)cc2)COc2cc(O)ccc21.FCC1CN(CCOc2ccccc2)C1. The first-order chi connectivity index (χ1) is 17.1. The quantitative estimate of drug-likeness (QED) is 0.452. The van der Waals surface area contributed by atoms with Gasteiger partial charge in [-0.25, -0.2) is 0 Å². The molecular weight excluding hydrogens is 445 g/mol. The Balaban J connectivity index is 0.000000172. The fourth-order valence-corrected chi connectivity index (χ4v) is 4.37. The minimum atomic E-state index is -0.184. The number of rotatable bonds is 7. The molecule has 0 saturated carbocycles. The number of benzene rings is 3. The number of alkyl halides is 1. The maximum atomic E-state index is 12.1. The second kappa shape index (κ2) is 11.8. The fourth-order valence-electron chi connectivity index (χ4n) is 4.37. The van der Waals surface area contributed by atoms with E-state index in [1.165, 1.54) is 5.57 Å². The van der Waals surface area contributed by atoms with Gasteiger partial charge in [-0.05, 0) is 54.0 Å². The number of para-hydroxylation sites is 1. The lowest BCUT2D eigenvalue weighted by Gasteiger charge is -2.37. The second-order valence-corrected chi connectivity index (χ2v) is 8.77. The van der Waals surface area contributed by atoms with Crippen LogP contribution in [0.3, 0.4) is 0 Å². The van der Waals surface area contributed by atoms with Crippen LogP contribution >= 0.6 is 0 Å². The third kappa shape index (κ3) is 6.34. The molecule has 2 heterocycles. The van der Waals surface area contributed by atoms with Crippen molar-refractivity contribution < 1.29 is 24.1 Å². The van der Waals surface area contributed by atoms with Gasteiger partial charge in [0, 0.05) is 42.8 Å². The summed E-state index contributed by atoms with van der Waals surface area (Å²) in [5.74, 6) is 2.37. The molecule has 0 unspecified atom stereocenters. The predicted octanol–water partition coefficient (Wildman–Crippen LogP) is 5.78. The van der Waals surface area contributed by atoms with Crippen LogP contribution in [0.5, 0.6) is 23.0 Å². The number of ether oxygens (including phenoxy) is 2. The first-order valence-electron chi connectivity index (χ1n) is 12.0. The Labute approximate surface area is 206 Å². The summed E-state index contributed by atoms with van der Waals surface area (Å²) in [7, 11) is 0. The van der Waals surface area contributed by atoms with Gasteiger partial charge in [0.25, 0.3) is 0 Å². The number of nitrogens with zero attached hydrogens (tertiary/aromatic N) is 1. The van der Waals surface area contributed by atoms with Crippen LogP contribution in [0.25, 0.3) is 11.1 Å². The van der Waals surface area contributed by atoms with E-state index in [1.807, 2.05) is 48.5 Å². The Kier molecular flexibility index (Phi) is 8.27. The van der Waals surface area contributed by atoms with Crippen LogP contribution in [0.1, 0.15) is 24.5 Å². The van der Waals surface area contributed by atoms with E-state index in [-0.39, 0.29) is 24.1 Å². The van der Waals surface area contributed by atoms with E-state index in [4.69, 9.17) is 9.47 Å². The maximum absolute atomic E-state index is 12.1. The molecule has 6 heteroatoms. The Bertz CT molecular complexity index is 1130. The molecule has 35 heavy (non-hydrogen) atoms. The molecular formula is C29H32FNO4. The van der Waals surface area contributed by atoms with Crippen molar-refractivity contribution in [3.8, 4) is 23.0 Å². The average Bonchev–Trinajstić information content (AvgIpc) is 2.86. The summed E-state index contributed by atoms with van der Waals surface area (Å²) in [6.07, 6.45) is 0.886. The molecule has 0 bridgehead atoms. The van der Waals surface area contributed by atoms with Gasteiger partial charge < -0.3 is 19.7 Å². The number of likely N-dealkylation sites (tertiary alicyclic amines) is 1. The summed E-state index contributed by atoms with van der Waals surface area (Å²) in [6, 6.07) is 22.2. The van der Waals surface area contributed by atoms with Gasteiger partial charge in [-0.1, -0.05) is 37.3 Å². The standard InChI is InChI=1S/C17H16O3.C12H16FNO/c1-2-14-15-8-7-13(19)9-17(15)20-10-16(14)11-3-5-12(18)6-4-11;13-8-11-9-14(10-11)6-7-15-12-4-2-1-3-5-12/h3-9,18-19H,2,10H2,1H3;1-5,11H,6-10H2. The number of fused-ring (bicyclic) bond motifs is 1. The zero-order valence-corrected chi connectivity index (χ0v) is 20.0. The van der Waals surface area contributed by atoms with Gasteiger partial charge in [0.05, 0.1) is 6.67 Å². The molecule has 0 atom stereocenters. The van der Waals surface area contributed by atoms with E-state index in [9.17, 15) is 14.6 Å². The molecule has 3 aromatic rings. The zero-order chi connectivity index (χ0) is 24.6. The Hall–Kier alpha value is -3.51. The highest BCUT2D eigenvalue weighted by Gasteiger charge is 2.25.